The molecule has 1 N–H and O–H groups in total. The standard InChI is InChI=1S/C26H27N5O2S/c1-2-5-23-22(14-20-12-13-24(34-20)21-7-4-3-6-17(21)15-27)25(33)30(26-28-16-29-31(23)26)18-8-10-19(32)11-9-18/h3-4,6-7,12-13,16,18-19,32H,2,5,8-11,14H2,1H3/t18-,19-. The number of aromatic nitrogens is 4. The maximum absolute atomic E-state index is 13.9. The largest absolute Gasteiger partial charge is 0.393 e. The van der Waals surface area contributed by atoms with Crippen molar-refractivity contribution in [2.75, 3.05) is 0 Å². The third kappa shape index (κ3) is 4.06. The van der Waals surface area contributed by atoms with Gasteiger partial charge in [0.25, 0.3) is 5.56 Å². The maximum Gasteiger partial charge on any atom is 0.259 e. The molecule has 34 heavy (non-hydrogen) atoms. The van der Waals surface area contributed by atoms with Crippen LogP contribution in [-0.2, 0) is 12.8 Å². The Hall–Kier alpha value is -3.28. The zero-order valence-electron chi connectivity index (χ0n) is 19.1. The molecule has 1 fully saturated rings. The van der Waals surface area contributed by atoms with Gasteiger partial charge < -0.3 is 5.11 Å². The van der Waals surface area contributed by atoms with Gasteiger partial charge in [-0.05, 0) is 50.3 Å². The van der Waals surface area contributed by atoms with Crippen LogP contribution >= 0.6 is 11.3 Å². The van der Waals surface area contributed by atoms with Crippen LogP contribution in [0.4, 0.5) is 0 Å². The lowest BCUT2D eigenvalue weighted by atomic mass is 9.92. The number of rotatable bonds is 6. The Labute approximate surface area is 201 Å². The van der Waals surface area contributed by atoms with Crippen LogP contribution in [0.3, 0.4) is 0 Å². The van der Waals surface area contributed by atoms with Gasteiger partial charge in [0.2, 0.25) is 5.78 Å². The lowest BCUT2D eigenvalue weighted by molar-refractivity contribution is 0.110. The van der Waals surface area contributed by atoms with Crippen molar-refractivity contribution in [1.29, 1.82) is 5.26 Å². The lowest BCUT2D eigenvalue weighted by Crippen LogP contribution is -2.34. The molecule has 0 bridgehead atoms. The molecule has 4 aromatic rings. The monoisotopic (exact) mass is 473 g/mol. The minimum atomic E-state index is -0.291. The lowest BCUT2D eigenvalue weighted by Gasteiger charge is -2.28. The number of hydrogen-bond acceptors (Lipinski definition) is 6. The van der Waals surface area contributed by atoms with Crippen molar-refractivity contribution >= 4 is 17.1 Å². The molecule has 3 heterocycles. The minimum absolute atomic E-state index is 0.00212. The SMILES string of the molecule is CCCc1c(Cc2ccc(-c3ccccc3C#N)s2)c(=O)n([C@H]2CC[C@H](O)CC2)c2ncnn12. The van der Waals surface area contributed by atoms with Crippen LogP contribution in [0.2, 0.25) is 0 Å². The summed E-state index contributed by atoms with van der Waals surface area (Å²) in [7, 11) is 0. The molecule has 0 amide bonds. The van der Waals surface area contributed by atoms with Crippen molar-refractivity contribution in [2.24, 2.45) is 0 Å². The summed E-state index contributed by atoms with van der Waals surface area (Å²) in [6.45, 7) is 2.10. The van der Waals surface area contributed by atoms with E-state index < -0.39 is 0 Å². The highest BCUT2D eigenvalue weighted by atomic mass is 32.1. The van der Waals surface area contributed by atoms with Crippen molar-refractivity contribution in [2.45, 2.75) is 64.0 Å². The molecule has 0 spiro atoms. The van der Waals surface area contributed by atoms with Crippen LogP contribution in [0.5, 0.6) is 0 Å². The van der Waals surface area contributed by atoms with Crippen LogP contribution in [0.25, 0.3) is 16.2 Å². The predicted molar refractivity (Wildman–Crippen MR) is 132 cm³/mol. The molecule has 5 rings (SSSR count). The van der Waals surface area contributed by atoms with Crippen molar-refractivity contribution in [3.8, 4) is 16.5 Å². The summed E-state index contributed by atoms with van der Waals surface area (Å²) in [5.74, 6) is 0.591. The molecule has 1 aliphatic rings. The Morgan fingerprint density at radius 2 is 1.97 bits per heavy atom. The molecular formula is C26H27N5O2S. The highest BCUT2D eigenvalue weighted by Gasteiger charge is 2.27. The summed E-state index contributed by atoms with van der Waals surface area (Å²) in [6.07, 6.45) is 6.27. The molecule has 1 aromatic carbocycles. The first-order valence-corrected chi connectivity index (χ1v) is 12.6. The smallest absolute Gasteiger partial charge is 0.259 e. The van der Waals surface area contributed by atoms with E-state index in [0.29, 0.717) is 30.6 Å². The highest BCUT2D eigenvalue weighted by Crippen LogP contribution is 2.33. The normalized spacial score (nSPS) is 18.3. The van der Waals surface area contributed by atoms with E-state index in [-0.39, 0.29) is 17.7 Å². The number of thiophene rings is 1. The molecule has 0 unspecified atom stereocenters. The fourth-order valence-corrected chi connectivity index (χ4v) is 6.04. The number of benzene rings is 1. The summed E-state index contributed by atoms with van der Waals surface area (Å²) >= 11 is 1.62. The van der Waals surface area contributed by atoms with Crippen LogP contribution in [0.15, 0.2) is 47.5 Å². The molecular weight excluding hydrogens is 446 g/mol. The maximum atomic E-state index is 13.9. The van der Waals surface area contributed by atoms with E-state index in [1.54, 1.807) is 11.3 Å². The third-order valence-corrected chi connectivity index (χ3v) is 7.79. The average molecular weight is 474 g/mol. The van der Waals surface area contributed by atoms with Crippen molar-refractivity contribution in [1.82, 2.24) is 19.2 Å². The highest BCUT2D eigenvalue weighted by molar-refractivity contribution is 7.15. The number of aliphatic hydroxyl groups excluding tert-OH is 1. The van der Waals surface area contributed by atoms with Crippen LogP contribution in [0, 0.1) is 11.3 Å². The zero-order valence-corrected chi connectivity index (χ0v) is 20.0. The Kier molecular flexibility index (Phi) is 6.31. The average Bonchev–Trinajstić information content (AvgIpc) is 3.52. The Bertz CT molecular complexity index is 1420. The molecule has 0 aliphatic heterocycles. The predicted octanol–water partition coefficient (Wildman–Crippen LogP) is 4.51. The molecule has 1 saturated carbocycles. The molecule has 0 saturated heterocycles. The van der Waals surface area contributed by atoms with Crippen LogP contribution in [0.1, 0.15) is 66.8 Å². The van der Waals surface area contributed by atoms with E-state index in [1.165, 1.54) is 6.33 Å². The zero-order chi connectivity index (χ0) is 23.7. The van der Waals surface area contributed by atoms with Crippen molar-refractivity contribution < 1.29 is 5.11 Å². The van der Waals surface area contributed by atoms with Gasteiger partial charge in [0.05, 0.1) is 23.4 Å². The van der Waals surface area contributed by atoms with E-state index in [1.807, 2.05) is 39.4 Å². The molecule has 174 valence electrons. The molecule has 3 aromatic heterocycles. The number of nitriles is 1. The third-order valence-electron chi connectivity index (χ3n) is 6.67. The fraction of sp³-hybridized carbons (Fsp3) is 0.385. The Morgan fingerprint density at radius 3 is 2.74 bits per heavy atom. The fourth-order valence-electron chi connectivity index (χ4n) is 4.98. The van der Waals surface area contributed by atoms with Gasteiger partial charge in [0.15, 0.2) is 0 Å². The summed E-state index contributed by atoms with van der Waals surface area (Å²) in [4.78, 5) is 20.5. The topological polar surface area (TPSA) is 96.2 Å². The second-order valence-corrected chi connectivity index (χ2v) is 10.1. The minimum Gasteiger partial charge on any atom is -0.393 e. The summed E-state index contributed by atoms with van der Waals surface area (Å²) in [5.41, 5.74) is 3.23. The molecule has 8 heteroatoms. The van der Waals surface area contributed by atoms with E-state index in [0.717, 1.165) is 52.3 Å². The summed E-state index contributed by atoms with van der Waals surface area (Å²) in [6, 6.07) is 14.0. The van der Waals surface area contributed by atoms with E-state index in [2.05, 4.69) is 29.1 Å². The second kappa shape index (κ2) is 9.53. The van der Waals surface area contributed by atoms with Gasteiger partial charge in [0, 0.05) is 33.3 Å². The Morgan fingerprint density at radius 1 is 1.18 bits per heavy atom. The van der Waals surface area contributed by atoms with E-state index in [4.69, 9.17) is 0 Å². The first-order chi connectivity index (χ1) is 16.6. The van der Waals surface area contributed by atoms with Gasteiger partial charge in [-0.2, -0.15) is 15.3 Å². The number of hydrogen-bond donors (Lipinski definition) is 1. The molecule has 1 aliphatic carbocycles. The molecule has 7 nitrogen and oxygen atoms in total. The van der Waals surface area contributed by atoms with E-state index in [9.17, 15) is 15.2 Å². The molecule has 0 atom stereocenters. The van der Waals surface area contributed by atoms with Gasteiger partial charge in [0.1, 0.15) is 6.33 Å². The van der Waals surface area contributed by atoms with Crippen LogP contribution < -0.4 is 5.56 Å². The second-order valence-electron chi connectivity index (χ2n) is 8.88. The van der Waals surface area contributed by atoms with Gasteiger partial charge >= 0.3 is 0 Å². The first-order valence-electron chi connectivity index (χ1n) is 11.8. The summed E-state index contributed by atoms with van der Waals surface area (Å²) in [5, 5.41) is 23.9. The number of nitrogens with zero attached hydrogens (tertiary/aromatic N) is 5. The quantitative estimate of drug-likeness (QED) is 0.444. The van der Waals surface area contributed by atoms with Gasteiger partial charge in [-0.25, -0.2) is 4.52 Å². The molecule has 0 radical (unpaired) electrons. The van der Waals surface area contributed by atoms with Crippen molar-refractivity contribution in [3.05, 3.63) is 74.8 Å². The van der Waals surface area contributed by atoms with Gasteiger partial charge in [-0.1, -0.05) is 31.5 Å². The number of aliphatic hydroxyl groups is 1. The van der Waals surface area contributed by atoms with E-state index >= 15 is 0 Å². The Balaban J connectivity index is 1.59. The van der Waals surface area contributed by atoms with Crippen molar-refractivity contribution in [3.63, 3.8) is 0 Å². The van der Waals surface area contributed by atoms with Crippen LogP contribution in [-0.4, -0.2) is 30.4 Å². The van der Waals surface area contributed by atoms with Gasteiger partial charge in [-0.3, -0.25) is 9.36 Å². The number of fused-ring (bicyclic) bond motifs is 1. The van der Waals surface area contributed by atoms with Gasteiger partial charge in [-0.15, -0.1) is 11.3 Å². The number of aryl methyl sites for hydroxylation is 1. The summed E-state index contributed by atoms with van der Waals surface area (Å²) < 4.78 is 3.65. The first kappa shape index (κ1) is 22.5.